The van der Waals surface area contributed by atoms with E-state index in [1.54, 1.807) is 24.5 Å². The number of pyridine rings is 1. The molecular formula is C17H18FN3O3S. The number of hydrogen-bond acceptors (Lipinski definition) is 4. The predicted octanol–water partition coefficient (Wildman–Crippen LogP) is 2.26. The predicted molar refractivity (Wildman–Crippen MR) is 90.7 cm³/mol. The molecule has 1 N–H and O–H groups in total. The topological polar surface area (TPSA) is 79.4 Å². The van der Waals surface area contributed by atoms with E-state index in [9.17, 15) is 17.6 Å². The average Bonchev–Trinajstić information content (AvgIpc) is 2.63. The van der Waals surface area contributed by atoms with Crippen LogP contribution in [-0.2, 0) is 14.8 Å². The van der Waals surface area contributed by atoms with Crippen molar-refractivity contribution >= 4 is 21.6 Å². The van der Waals surface area contributed by atoms with Gasteiger partial charge in [-0.2, -0.15) is 4.31 Å². The highest BCUT2D eigenvalue weighted by atomic mass is 32.2. The van der Waals surface area contributed by atoms with Crippen LogP contribution in [0.1, 0.15) is 12.8 Å². The Kier molecular flexibility index (Phi) is 5.10. The molecule has 25 heavy (non-hydrogen) atoms. The molecule has 1 aliphatic heterocycles. The van der Waals surface area contributed by atoms with Gasteiger partial charge in [-0.3, -0.25) is 9.78 Å². The summed E-state index contributed by atoms with van der Waals surface area (Å²) in [5, 5.41) is 2.80. The van der Waals surface area contributed by atoms with Crippen LogP contribution in [-0.4, -0.2) is 36.7 Å². The fourth-order valence-corrected chi connectivity index (χ4v) is 4.37. The van der Waals surface area contributed by atoms with E-state index in [0.29, 0.717) is 18.5 Å². The highest BCUT2D eigenvalue weighted by molar-refractivity contribution is 7.89. The highest BCUT2D eigenvalue weighted by Crippen LogP contribution is 2.26. The molecule has 1 aromatic carbocycles. The summed E-state index contributed by atoms with van der Waals surface area (Å²) in [5.41, 5.74) is 0.654. The van der Waals surface area contributed by atoms with E-state index < -0.39 is 15.8 Å². The van der Waals surface area contributed by atoms with Gasteiger partial charge in [-0.25, -0.2) is 12.8 Å². The van der Waals surface area contributed by atoms with Gasteiger partial charge in [-0.15, -0.1) is 0 Å². The zero-order chi connectivity index (χ0) is 17.9. The lowest BCUT2D eigenvalue weighted by molar-refractivity contribution is -0.120. The van der Waals surface area contributed by atoms with E-state index in [0.717, 1.165) is 6.07 Å². The quantitative estimate of drug-likeness (QED) is 0.904. The van der Waals surface area contributed by atoms with Gasteiger partial charge in [0, 0.05) is 37.1 Å². The first-order valence-corrected chi connectivity index (χ1v) is 9.38. The van der Waals surface area contributed by atoms with Crippen LogP contribution in [0, 0.1) is 11.7 Å². The molecule has 3 rings (SSSR count). The maximum atomic E-state index is 13.8. The second kappa shape index (κ2) is 7.28. The Labute approximate surface area is 145 Å². The van der Waals surface area contributed by atoms with Gasteiger partial charge in [0.2, 0.25) is 15.9 Å². The number of nitrogens with one attached hydrogen (secondary N) is 1. The van der Waals surface area contributed by atoms with Crippen molar-refractivity contribution in [3.63, 3.8) is 0 Å². The Morgan fingerprint density at radius 2 is 1.76 bits per heavy atom. The maximum Gasteiger partial charge on any atom is 0.245 e. The molecule has 0 aliphatic carbocycles. The van der Waals surface area contributed by atoms with Crippen molar-refractivity contribution in [3.05, 3.63) is 54.6 Å². The minimum absolute atomic E-state index is 0.144. The second-order valence-electron chi connectivity index (χ2n) is 5.83. The summed E-state index contributed by atoms with van der Waals surface area (Å²) in [6.45, 7) is 0.371. The molecule has 1 fully saturated rings. The third kappa shape index (κ3) is 3.85. The number of hydrogen-bond donors (Lipinski definition) is 1. The summed E-state index contributed by atoms with van der Waals surface area (Å²) >= 11 is 0. The summed E-state index contributed by atoms with van der Waals surface area (Å²) in [6.07, 6.45) is 3.95. The van der Waals surface area contributed by atoms with E-state index in [1.807, 2.05) is 0 Å². The monoisotopic (exact) mass is 363 g/mol. The molecule has 1 saturated heterocycles. The number of aromatic nitrogens is 1. The Hall–Kier alpha value is -2.32. The minimum Gasteiger partial charge on any atom is -0.326 e. The summed E-state index contributed by atoms with van der Waals surface area (Å²) < 4.78 is 40.2. The van der Waals surface area contributed by atoms with Gasteiger partial charge in [0.15, 0.2) is 0 Å². The normalized spacial score (nSPS) is 16.5. The summed E-state index contributed by atoms with van der Waals surface area (Å²) in [7, 11) is -3.88. The van der Waals surface area contributed by atoms with Crippen LogP contribution in [0.15, 0.2) is 53.7 Å². The number of carbonyl (C=O) groups is 1. The first-order valence-electron chi connectivity index (χ1n) is 7.94. The number of sulfonamides is 1. The largest absolute Gasteiger partial charge is 0.326 e. The highest BCUT2D eigenvalue weighted by Gasteiger charge is 2.33. The molecule has 1 aromatic heterocycles. The lowest BCUT2D eigenvalue weighted by Crippen LogP contribution is -2.41. The van der Waals surface area contributed by atoms with Crippen molar-refractivity contribution < 1.29 is 17.6 Å². The molecule has 0 atom stereocenters. The van der Waals surface area contributed by atoms with Crippen molar-refractivity contribution in [2.24, 2.45) is 5.92 Å². The fraction of sp³-hybridized carbons (Fsp3) is 0.294. The number of anilines is 1. The maximum absolute atomic E-state index is 13.8. The van der Waals surface area contributed by atoms with Crippen LogP contribution in [0.2, 0.25) is 0 Å². The first kappa shape index (κ1) is 17.5. The molecule has 2 heterocycles. The van der Waals surface area contributed by atoms with Crippen LogP contribution in [0.5, 0.6) is 0 Å². The smallest absolute Gasteiger partial charge is 0.245 e. The number of nitrogens with zero attached hydrogens (tertiary/aromatic N) is 2. The molecule has 1 aliphatic rings. The number of halogens is 1. The van der Waals surface area contributed by atoms with Crippen LogP contribution in [0.4, 0.5) is 10.1 Å². The van der Waals surface area contributed by atoms with E-state index >= 15 is 0 Å². The van der Waals surface area contributed by atoms with Crippen LogP contribution < -0.4 is 5.32 Å². The number of benzene rings is 1. The average molecular weight is 363 g/mol. The molecule has 2 aromatic rings. The molecule has 6 nitrogen and oxygen atoms in total. The van der Waals surface area contributed by atoms with Gasteiger partial charge in [0.1, 0.15) is 10.7 Å². The van der Waals surface area contributed by atoms with Gasteiger partial charge < -0.3 is 5.32 Å². The van der Waals surface area contributed by atoms with Crippen molar-refractivity contribution in [1.82, 2.24) is 9.29 Å². The molecule has 0 bridgehead atoms. The summed E-state index contributed by atoms with van der Waals surface area (Å²) in [6, 6.07) is 8.70. The van der Waals surface area contributed by atoms with Gasteiger partial charge >= 0.3 is 0 Å². The lowest BCUT2D eigenvalue weighted by Gasteiger charge is -2.30. The molecule has 8 heteroatoms. The Morgan fingerprint density at radius 3 is 2.40 bits per heavy atom. The number of amides is 1. The van der Waals surface area contributed by atoms with E-state index in [-0.39, 0.29) is 29.8 Å². The van der Waals surface area contributed by atoms with E-state index in [1.165, 1.54) is 22.5 Å². The van der Waals surface area contributed by atoms with Gasteiger partial charge in [-0.05, 0) is 37.1 Å². The second-order valence-corrected chi connectivity index (χ2v) is 7.74. The van der Waals surface area contributed by atoms with E-state index in [4.69, 9.17) is 0 Å². The van der Waals surface area contributed by atoms with Crippen LogP contribution in [0.3, 0.4) is 0 Å². The minimum atomic E-state index is -3.88. The van der Waals surface area contributed by atoms with Crippen molar-refractivity contribution in [2.75, 3.05) is 18.4 Å². The van der Waals surface area contributed by atoms with E-state index in [2.05, 4.69) is 10.3 Å². The zero-order valence-corrected chi connectivity index (χ0v) is 14.2. The Bertz CT molecular complexity index is 850. The third-order valence-electron chi connectivity index (χ3n) is 4.23. The zero-order valence-electron chi connectivity index (χ0n) is 13.4. The molecule has 0 unspecified atom stereocenters. The standard InChI is InChI=1S/C17H18FN3O3S/c18-15-3-1-2-4-16(15)25(23,24)21-11-7-13(8-12-21)17(22)20-14-5-9-19-10-6-14/h1-6,9-10,13H,7-8,11-12H2,(H,19,20,22). The number of piperidine rings is 1. The fourth-order valence-electron chi connectivity index (χ4n) is 2.83. The number of carbonyl (C=O) groups excluding carboxylic acids is 1. The van der Waals surface area contributed by atoms with Gasteiger partial charge in [-0.1, -0.05) is 12.1 Å². The number of rotatable bonds is 4. The molecular weight excluding hydrogens is 345 g/mol. The lowest BCUT2D eigenvalue weighted by atomic mass is 9.97. The molecule has 1 amide bonds. The van der Waals surface area contributed by atoms with Crippen LogP contribution in [0.25, 0.3) is 0 Å². The third-order valence-corrected chi connectivity index (χ3v) is 6.16. The van der Waals surface area contributed by atoms with Crippen LogP contribution >= 0.6 is 0 Å². The van der Waals surface area contributed by atoms with Crippen molar-refractivity contribution in [1.29, 1.82) is 0 Å². The van der Waals surface area contributed by atoms with Crippen molar-refractivity contribution in [3.8, 4) is 0 Å². The first-order chi connectivity index (χ1) is 12.0. The molecule has 0 saturated carbocycles. The Morgan fingerprint density at radius 1 is 1.12 bits per heavy atom. The van der Waals surface area contributed by atoms with Gasteiger partial charge in [0.05, 0.1) is 0 Å². The molecule has 0 spiro atoms. The Balaban J connectivity index is 1.64. The van der Waals surface area contributed by atoms with Crippen molar-refractivity contribution in [2.45, 2.75) is 17.7 Å². The molecule has 0 radical (unpaired) electrons. The summed E-state index contributed by atoms with van der Waals surface area (Å²) in [5.74, 6) is -1.19. The molecule has 132 valence electrons. The summed E-state index contributed by atoms with van der Waals surface area (Å²) in [4.78, 5) is 15.8. The SMILES string of the molecule is O=C(Nc1ccncc1)C1CCN(S(=O)(=O)c2ccccc2F)CC1. The van der Waals surface area contributed by atoms with Gasteiger partial charge in [0.25, 0.3) is 0 Å².